The Labute approximate surface area is 487 Å². The lowest BCUT2D eigenvalue weighted by atomic mass is 10.1. The predicted molar refractivity (Wildman–Crippen MR) is 308 cm³/mol. The molecule has 4 N–H and O–H groups in total. The summed E-state index contributed by atoms with van der Waals surface area (Å²) in [6.45, 7) is 7.22. The summed E-state index contributed by atoms with van der Waals surface area (Å²) in [5.74, 6) is 16.5. The maximum atomic E-state index is 13.2. The normalized spacial score (nSPS) is 12.1. The van der Waals surface area contributed by atoms with Crippen LogP contribution in [0.2, 0.25) is 0 Å². The van der Waals surface area contributed by atoms with Gasteiger partial charge in [0.05, 0.1) is 0 Å². The number of anilines is 1. The lowest BCUT2D eigenvalue weighted by Crippen LogP contribution is -2.23. The number of aromatic nitrogens is 4. The quantitative estimate of drug-likeness (QED) is 0.0220. The highest BCUT2D eigenvalue weighted by Crippen LogP contribution is 2.27. The van der Waals surface area contributed by atoms with Crippen molar-refractivity contribution in [2.45, 2.75) is 43.3 Å². The van der Waals surface area contributed by atoms with Crippen LogP contribution in [0.3, 0.4) is 0 Å². The maximum Gasteiger partial charge on any atom is 0.366 e. The second kappa shape index (κ2) is 32.5. The van der Waals surface area contributed by atoms with Gasteiger partial charge in [0.15, 0.2) is 5.84 Å². The average molecular weight is 1180 g/mol. The smallest absolute Gasteiger partial charge is 0.366 e. The Kier molecular flexibility index (Phi) is 25.3. The van der Waals surface area contributed by atoms with E-state index in [9.17, 15) is 22.8 Å². The summed E-state index contributed by atoms with van der Waals surface area (Å²) in [4.78, 5) is 31.2. The maximum absolute atomic E-state index is 13.2. The van der Waals surface area contributed by atoms with Crippen molar-refractivity contribution in [3.63, 3.8) is 0 Å². The van der Waals surface area contributed by atoms with Crippen molar-refractivity contribution < 1.29 is 41.8 Å². The number of amidine groups is 1. The van der Waals surface area contributed by atoms with Crippen molar-refractivity contribution in [1.29, 1.82) is 0 Å². The molecule has 14 nitrogen and oxygen atoms in total. The first-order valence-corrected chi connectivity index (χ1v) is 25.7. The summed E-state index contributed by atoms with van der Waals surface area (Å²) >= 11 is 15.1. The zero-order valence-electron chi connectivity index (χ0n) is 43.4. The number of oxime groups is 1. The van der Waals surface area contributed by atoms with Crippen LogP contribution in [0.4, 0.5) is 19.2 Å². The molecule has 2 fully saturated rings. The summed E-state index contributed by atoms with van der Waals surface area (Å²) in [6, 6.07) is 41.1. The molecule has 0 unspecified atom stereocenters. The van der Waals surface area contributed by atoms with Crippen molar-refractivity contribution in [2.24, 2.45) is 10.9 Å². The Morgan fingerprint density at radius 3 is 1.38 bits per heavy atom. The molecule has 81 heavy (non-hydrogen) atoms. The Morgan fingerprint density at radius 1 is 0.630 bits per heavy atom. The molecule has 0 amide bonds. The Hall–Kier alpha value is -8.60. The third-order valence-electron chi connectivity index (χ3n) is 10.8. The molecule has 8 aromatic rings. The van der Waals surface area contributed by atoms with Gasteiger partial charge < -0.3 is 34.9 Å². The number of alkyl halides is 3. The van der Waals surface area contributed by atoms with Gasteiger partial charge in [0.2, 0.25) is 17.5 Å². The fourth-order valence-electron chi connectivity index (χ4n) is 6.92. The second-order valence-electron chi connectivity index (χ2n) is 17.1. The molecule has 0 atom stereocenters. The standard InChI is InChI=1S/C20H16FN3O.C17H11FN2O.C15H11FN2O.C4H3Cl3O3.C4H9N.ClH/c21-18-5-3-4-16(14-18)7-6-15-8-10-17(11-9-15)19-22-20(25-23-19)24-12-1-2-13-24;1-12-19-17(20-21-12)15-9-7-13(8-10-15)5-6-14-3-2-4-16(18)11-14;16-14-3-1-2-12(10-14)5-4-11-6-8-13(9-7-11)15(17)18-19;1-2(8)10-3(9)4(5,6)7;1-2-4-5-3-1;/h3-5,8-11,14H,1-2,12-13H2;2-4,7-11H,1H3;1-3,6-10,19H,(H2,17,18);1H3;5H,1-4H2;1H. The van der Waals surface area contributed by atoms with Crippen LogP contribution in [0, 0.1) is 59.9 Å². The van der Waals surface area contributed by atoms with E-state index < -0.39 is 15.7 Å². The number of nitrogens with one attached hydrogen (secondary N) is 1. The zero-order chi connectivity index (χ0) is 57.3. The van der Waals surface area contributed by atoms with Crippen molar-refractivity contribution in [1.82, 2.24) is 25.6 Å². The molecule has 2 aromatic heterocycles. The topological polar surface area (TPSA) is 195 Å². The number of carbonyl (C=O) groups excluding carboxylic acids is 2. The molecule has 0 spiro atoms. The summed E-state index contributed by atoms with van der Waals surface area (Å²) in [7, 11) is 0. The van der Waals surface area contributed by atoms with Crippen LogP contribution in [0.15, 0.2) is 160 Å². The van der Waals surface area contributed by atoms with Crippen LogP contribution in [0.5, 0.6) is 0 Å². The van der Waals surface area contributed by atoms with E-state index in [0.29, 0.717) is 45.8 Å². The molecule has 21 heteroatoms. The van der Waals surface area contributed by atoms with E-state index in [4.69, 9.17) is 54.8 Å². The molecular formula is C60H51Cl4F3N8O6. The van der Waals surface area contributed by atoms with Crippen LogP contribution >= 0.6 is 47.2 Å². The molecule has 6 aromatic carbocycles. The molecule has 2 aliphatic heterocycles. The minimum absolute atomic E-state index is 0. The molecule has 2 aliphatic rings. The SMILES string of the molecule is C1CCNC1.CC(=O)OC(=O)C(Cl)(Cl)Cl.Cc1nc(-c2ccc(C#Cc3cccc(F)c3)cc2)no1.Cl.Fc1cccc(C#Cc2ccc(-c3noc(N4CCCC4)n3)cc2)c1.N/C(=N\O)c1ccc(C#Cc2cccc(F)c2)cc1. The number of ether oxygens (including phenoxy) is 1. The number of esters is 2. The minimum atomic E-state index is -2.17. The molecule has 10 rings (SSSR count). The van der Waals surface area contributed by atoms with Gasteiger partial charge in [-0.15, -0.1) is 12.4 Å². The second-order valence-corrected chi connectivity index (χ2v) is 19.3. The van der Waals surface area contributed by atoms with Crippen molar-refractivity contribution in [3.05, 3.63) is 208 Å². The summed E-state index contributed by atoms with van der Waals surface area (Å²) < 4.78 is 51.2. The Bertz CT molecular complexity index is 3540. The van der Waals surface area contributed by atoms with Gasteiger partial charge in [-0.1, -0.05) is 104 Å². The molecule has 0 radical (unpaired) electrons. The van der Waals surface area contributed by atoms with Gasteiger partial charge in [0.1, 0.15) is 17.5 Å². The number of carbonyl (C=O) groups is 2. The largest absolute Gasteiger partial charge is 0.409 e. The monoisotopic (exact) mass is 1180 g/mol. The highest BCUT2D eigenvalue weighted by atomic mass is 35.6. The molecular weight excluding hydrogens is 1130 g/mol. The fourth-order valence-corrected chi connectivity index (χ4v) is 7.03. The zero-order valence-corrected chi connectivity index (χ0v) is 46.5. The van der Waals surface area contributed by atoms with Gasteiger partial charge in [0.25, 0.3) is 3.79 Å². The van der Waals surface area contributed by atoms with E-state index in [-0.39, 0.29) is 35.7 Å². The number of hydrogen-bond acceptors (Lipinski definition) is 13. The predicted octanol–water partition coefficient (Wildman–Crippen LogP) is 12.0. The van der Waals surface area contributed by atoms with Crippen LogP contribution in [0.25, 0.3) is 22.8 Å². The highest BCUT2D eigenvalue weighted by Gasteiger charge is 2.33. The number of aryl methyl sites for hydroxylation is 1. The van der Waals surface area contributed by atoms with E-state index in [0.717, 1.165) is 60.7 Å². The van der Waals surface area contributed by atoms with Crippen molar-refractivity contribution in [3.8, 4) is 58.3 Å². The molecule has 0 aliphatic carbocycles. The third-order valence-corrected chi connectivity index (χ3v) is 11.3. The minimum Gasteiger partial charge on any atom is -0.409 e. The number of hydrogen-bond donors (Lipinski definition) is 3. The van der Waals surface area contributed by atoms with Crippen molar-refractivity contribution >= 4 is 71.0 Å². The van der Waals surface area contributed by atoms with Crippen LogP contribution in [-0.2, 0) is 14.3 Å². The Morgan fingerprint density at radius 2 is 1.04 bits per heavy atom. The van der Waals surface area contributed by atoms with Crippen LogP contribution in [0.1, 0.15) is 77.4 Å². The fraction of sp³-hybridized carbons (Fsp3) is 0.183. The van der Waals surface area contributed by atoms with Crippen LogP contribution in [-0.4, -0.2) is 73.2 Å². The molecule has 2 saturated heterocycles. The lowest BCUT2D eigenvalue weighted by Gasteiger charge is -2.09. The summed E-state index contributed by atoms with van der Waals surface area (Å²) in [5, 5.41) is 22.6. The van der Waals surface area contributed by atoms with Gasteiger partial charge in [-0.25, -0.2) is 18.0 Å². The first kappa shape index (κ1) is 63.2. The van der Waals surface area contributed by atoms with E-state index in [1.54, 1.807) is 67.6 Å². The first-order valence-electron chi connectivity index (χ1n) is 24.5. The van der Waals surface area contributed by atoms with E-state index in [1.807, 2.05) is 48.5 Å². The van der Waals surface area contributed by atoms with Crippen LogP contribution < -0.4 is 16.0 Å². The number of benzene rings is 6. The van der Waals surface area contributed by atoms with E-state index in [2.05, 4.69) is 75.9 Å². The first-order chi connectivity index (χ1) is 38.5. The molecule has 0 saturated carbocycles. The van der Waals surface area contributed by atoms with E-state index >= 15 is 0 Å². The summed E-state index contributed by atoms with van der Waals surface area (Å²) in [5.41, 5.74) is 12.2. The van der Waals surface area contributed by atoms with Gasteiger partial charge in [0, 0.05) is 77.0 Å². The number of halogens is 7. The lowest BCUT2D eigenvalue weighted by molar-refractivity contribution is -0.157. The van der Waals surface area contributed by atoms with Gasteiger partial charge in [-0.3, -0.25) is 4.79 Å². The third kappa shape index (κ3) is 22.2. The van der Waals surface area contributed by atoms with Gasteiger partial charge in [-0.05, 0) is 166 Å². The summed E-state index contributed by atoms with van der Waals surface area (Å²) in [6.07, 6.45) is 5.10. The number of nitrogens with zero attached hydrogens (tertiary/aromatic N) is 6. The number of rotatable bonds is 4. The average Bonchev–Trinajstić information content (AvgIpc) is 4.33. The number of nitrogens with two attached hydrogens (primary N) is 1. The van der Waals surface area contributed by atoms with Gasteiger partial charge >= 0.3 is 18.0 Å². The molecule has 0 bridgehead atoms. The van der Waals surface area contributed by atoms with E-state index in [1.165, 1.54) is 62.3 Å². The van der Waals surface area contributed by atoms with Gasteiger partial charge in [-0.2, -0.15) is 9.97 Å². The molecule has 4 heterocycles. The Balaban J connectivity index is 0.000000198. The highest BCUT2D eigenvalue weighted by molar-refractivity contribution is 6.75. The van der Waals surface area contributed by atoms with Crippen molar-refractivity contribution in [2.75, 3.05) is 31.1 Å². The molecule has 416 valence electrons.